The number of hydrogen-bond donors (Lipinski definition) is 1. The van der Waals surface area contributed by atoms with Crippen molar-refractivity contribution in [2.75, 3.05) is 11.1 Å². The maximum Gasteiger partial charge on any atom is 0.210 e. The summed E-state index contributed by atoms with van der Waals surface area (Å²) in [5, 5.41) is 14.0. The average Bonchev–Trinajstić information content (AvgIpc) is 3.17. The molecule has 2 aromatic heterocycles. The Hall–Kier alpha value is -1.70. The van der Waals surface area contributed by atoms with Gasteiger partial charge in [0.05, 0.1) is 10.6 Å². The summed E-state index contributed by atoms with van der Waals surface area (Å²) in [5.74, 6) is 0.517. The number of carbonyl (C=O) groups excluding carboxylic acids is 1. The van der Waals surface area contributed by atoms with Crippen molar-refractivity contribution in [1.29, 1.82) is 0 Å². The monoisotopic (exact) mass is 333 g/mol. The van der Waals surface area contributed by atoms with Gasteiger partial charge in [-0.05, 0) is 23.6 Å². The number of aromatic nitrogens is 2. The van der Waals surface area contributed by atoms with E-state index < -0.39 is 0 Å². The van der Waals surface area contributed by atoms with Crippen LogP contribution in [0.15, 0.2) is 52.2 Å². The van der Waals surface area contributed by atoms with E-state index in [-0.39, 0.29) is 5.78 Å². The molecule has 4 nitrogen and oxygen atoms in total. The van der Waals surface area contributed by atoms with Crippen molar-refractivity contribution >= 4 is 51.0 Å². The van der Waals surface area contributed by atoms with Crippen molar-refractivity contribution in [3.05, 3.63) is 52.7 Å². The number of ketones is 1. The molecule has 0 aliphatic heterocycles. The predicted octanol–water partition coefficient (Wildman–Crippen LogP) is 4.32. The fraction of sp³-hybridized carbons (Fsp3) is 0.0714. The highest BCUT2D eigenvalue weighted by molar-refractivity contribution is 8.01. The Labute approximate surface area is 134 Å². The smallest absolute Gasteiger partial charge is 0.210 e. The number of Topliss-reactive ketones (excluding diaryl/α,β-unsaturated/α-hetero) is 1. The van der Waals surface area contributed by atoms with Gasteiger partial charge < -0.3 is 5.32 Å². The van der Waals surface area contributed by atoms with Gasteiger partial charge in [0.2, 0.25) is 5.13 Å². The van der Waals surface area contributed by atoms with Gasteiger partial charge in [-0.3, -0.25) is 4.79 Å². The number of thioether (sulfide) groups is 1. The van der Waals surface area contributed by atoms with Crippen molar-refractivity contribution in [2.45, 2.75) is 4.34 Å². The van der Waals surface area contributed by atoms with Gasteiger partial charge in [-0.15, -0.1) is 21.5 Å². The molecule has 0 saturated carbocycles. The molecule has 0 atom stereocenters. The summed E-state index contributed by atoms with van der Waals surface area (Å²) in [6, 6.07) is 13.5. The summed E-state index contributed by atoms with van der Waals surface area (Å²) in [4.78, 5) is 12.7. The van der Waals surface area contributed by atoms with Crippen LogP contribution >= 0.6 is 34.4 Å². The molecule has 2 heterocycles. The predicted molar refractivity (Wildman–Crippen MR) is 89.0 cm³/mol. The Bertz CT molecular complexity index is 710. The van der Waals surface area contributed by atoms with Crippen LogP contribution in [0.25, 0.3) is 0 Å². The zero-order valence-electron chi connectivity index (χ0n) is 10.9. The molecule has 7 heteroatoms. The van der Waals surface area contributed by atoms with E-state index in [2.05, 4.69) is 15.5 Å². The zero-order chi connectivity index (χ0) is 14.5. The van der Waals surface area contributed by atoms with Gasteiger partial charge in [-0.2, -0.15) is 0 Å². The molecular formula is C14H11N3OS3. The standard InChI is InChI=1S/C14H11N3OS3/c18-11(12-7-4-8-19-12)9-20-14-17-16-13(21-14)15-10-5-2-1-3-6-10/h1-8H,9H2,(H,15,16). The third kappa shape index (κ3) is 3.90. The Balaban J connectivity index is 1.57. The normalized spacial score (nSPS) is 10.5. The lowest BCUT2D eigenvalue weighted by molar-refractivity contribution is 0.102. The van der Waals surface area contributed by atoms with Gasteiger partial charge in [0.1, 0.15) is 0 Å². The molecule has 3 aromatic rings. The van der Waals surface area contributed by atoms with Gasteiger partial charge in [-0.1, -0.05) is 47.4 Å². The number of hydrogen-bond acceptors (Lipinski definition) is 7. The molecule has 0 fully saturated rings. The molecule has 0 radical (unpaired) electrons. The third-order valence-electron chi connectivity index (χ3n) is 2.55. The largest absolute Gasteiger partial charge is 0.330 e. The first kappa shape index (κ1) is 14.2. The van der Waals surface area contributed by atoms with Crippen LogP contribution in [0.3, 0.4) is 0 Å². The number of thiophene rings is 1. The summed E-state index contributed by atoms with van der Waals surface area (Å²) >= 11 is 4.33. The quantitative estimate of drug-likeness (QED) is 0.538. The lowest BCUT2D eigenvalue weighted by Crippen LogP contribution is -1.98. The van der Waals surface area contributed by atoms with E-state index in [0.29, 0.717) is 5.75 Å². The third-order valence-corrected chi connectivity index (χ3v) is 5.44. The SMILES string of the molecule is O=C(CSc1nnc(Nc2ccccc2)s1)c1cccs1. The minimum atomic E-state index is 0.128. The van der Waals surface area contributed by atoms with Crippen LogP contribution < -0.4 is 5.32 Å². The molecule has 0 spiro atoms. The van der Waals surface area contributed by atoms with Crippen LogP contribution in [0, 0.1) is 0 Å². The molecule has 0 aliphatic rings. The van der Waals surface area contributed by atoms with E-state index in [1.165, 1.54) is 34.4 Å². The highest BCUT2D eigenvalue weighted by Crippen LogP contribution is 2.28. The average molecular weight is 333 g/mol. The van der Waals surface area contributed by atoms with Gasteiger partial charge in [0.25, 0.3) is 0 Å². The van der Waals surface area contributed by atoms with Crippen LogP contribution in [0.4, 0.5) is 10.8 Å². The van der Waals surface area contributed by atoms with Crippen molar-refractivity contribution < 1.29 is 4.79 Å². The Kier molecular flexibility index (Phi) is 4.64. The molecule has 0 aliphatic carbocycles. The van der Waals surface area contributed by atoms with E-state index in [1.807, 2.05) is 47.8 Å². The molecule has 106 valence electrons. The van der Waals surface area contributed by atoms with Crippen molar-refractivity contribution in [1.82, 2.24) is 10.2 Å². The molecule has 1 aromatic carbocycles. The number of anilines is 2. The van der Waals surface area contributed by atoms with Crippen LogP contribution in [0.2, 0.25) is 0 Å². The summed E-state index contributed by atoms with van der Waals surface area (Å²) in [6.45, 7) is 0. The first-order chi connectivity index (χ1) is 10.3. The van der Waals surface area contributed by atoms with Gasteiger partial charge >= 0.3 is 0 Å². The highest BCUT2D eigenvalue weighted by atomic mass is 32.2. The number of rotatable bonds is 6. The molecule has 21 heavy (non-hydrogen) atoms. The first-order valence-electron chi connectivity index (χ1n) is 6.16. The molecule has 0 bridgehead atoms. The molecule has 0 amide bonds. The topological polar surface area (TPSA) is 54.9 Å². The van der Waals surface area contributed by atoms with Crippen LogP contribution in [0.1, 0.15) is 9.67 Å². The second kappa shape index (κ2) is 6.84. The number of benzene rings is 1. The molecule has 3 rings (SSSR count). The molecule has 1 N–H and O–H groups in total. The van der Waals surface area contributed by atoms with Gasteiger partial charge in [-0.25, -0.2) is 0 Å². The van der Waals surface area contributed by atoms with Crippen molar-refractivity contribution in [2.24, 2.45) is 0 Å². The van der Waals surface area contributed by atoms with Gasteiger partial charge in [0, 0.05) is 5.69 Å². The number of nitrogens with zero attached hydrogens (tertiary/aromatic N) is 2. The van der Waals surface area contributed by atoms with Gasteiger partial charge in [0.15, 0.2) is 10.1 Å². The maximum atomic E-state index is 11.9. The van der Waals surface area contributed by atoms with E-state index >= 15 is 0 Å². The molecular weight excluding hydrogens is 322 g/mol. The van der Waals surface area contributed by atoms with Crippen LogP contribution in [0.5, 0.6) is 0 Å². The highest BCUT2D eigenvalue weighted by Gasteiger charge is 2.10. The Morgan fingerprint density at radius 2 is 2.00 bits per heavy atom. The second-order valence-corrected chi connectivity index (χ2v) is 7.20. The second-order valence-electron chi connectivity index (χ2n) is 4.05. The Morgan fingerprint density at radius 1 is 1.14 bits per heavy atom. The van der Waals surface area contributed by atoms with E-state index in [0.717, 1.165) is 20.0 Å². The fourth-order valence-electron chi connectivity index (χ4n) is 1.60. The fourth-order valence-corrected chi connectivity index (χ4v) is 4.01. The van der Waals surface area contributed by atoms with Crippen molar-refractivity contribution in [3.63, 3.8) is 0 Å². The number of nitrogens with one attached hydrogen (secondary N) is 1. The van der Waals surface area contributed by atoms with Crippen LogP contribution in [-0.4, -0.2) is 21.7 Å². The number of carbonyl (C=O) groups is 1. The maximum absolute atomic E-state index is 11.9. The summed E-state index contributed by atoms with van der Waals surface area (Å²) in [7, 11) is 0. The minimum absolute atomic E-state index is 0.128. The summed E-state index contributed by atoms with van der Waals surface area (Å²) in [5.41, 5.74) is 0.972. The summed E-state index contributed by atoms with van der Waals surface area (Å²) < 4.78 is 0.790. The minimum Gasteiger partial charge on any atom is -0.330 e. The first-order valence-corrected chi connectivity index (χ1v) is 8.84. The Morgan fingerprint density at radius 3 is 2.76 bits per heavy atom. The number of para-hydroxylation sites is 1. The summed E-state index contributed by atoms with van der Waals surface area (Å²) in [6.07, 6.45) is 0. The van der Waals surface area contributed by atoms with Crippen LogP contribution in [-0.2, 0) is 0 Å². The lowest BCUT2D eigenvalue weighted by atomic mass is 10.3. The zero-order valence-corrected chi connectivity index (χ0v) is 13.3. The van der Waals surface area contributed by atoms with Crippen molar-refractivity contribution in [3.8, 4) is 0 Å². The van der Waals surface area contributed by atoms with E-state index in [9.17, 15) is 4.79 Å². The molecule has 0 saturated heterocycles. The molecule has 0 unspecified atom stereocenters. The van der Waals surface area contributed by atoms with E-state index in [4.69, 9.17) is 0 Å². The lowest BCUT2D eigenvalue weighted by Gasteiger charge is -1.99. The van der Waals surface area contributed by atoms with E-state index in [1.54, 1.807) is 0 Å².